The van der Waals surface area contributed by atoms with Gasteiger partial charge in [0.1, 0.15) is 34.3 Å². The van der Waals surface area contributed by atoms with E-state index in [-0.39, 0.29) is 23.6 Å². The van der Waals surface area contributed by atoms with Crippen LogP contribution in [-0.2, 0) is 24.4 Å². The molecule has 0 bridgehead atoms. The summed E-state index contributed by atoms with van der Waals surface area (Å²) < 4.78 is 85.2. The Labute approximate surface area is 202 Å². The van der Waals surface area contributed by atoms with Crippen LogP contribution in [0, 0.1) is 17.5 Å². The number of alkyl halides is 3. The Morgan fingerprint density at radius 1 is 1.03 bits per heavy atom. The fourth-order valence-electron chi connectivity index (χ4n) is 3.02. The number of hydrogen-bond acceptors (Lipinski definition) is 5. The van der Waals surface area contributed by atoms with Crippen molar-refractivity contribution < 1.29 is 40.7 Å². The quantitative estimate of drug-likeness (QED) is 0.435. The molecule has 2 N–H and O–H groups in total. The molecule has 35 heavy (non-hydrogen) atoms. The van der Waals surface area contributed by atoms with Gasteiger partial charge >= 0.3 is 17.7 Å². The van der Waals surface area contributed by atoms with Crippen LogP contribution in [0.25, 0.3) is 0 Å². The van der Waals surface area contributed by atoms with Crippen molar-refractivity contribution in [3.8, 4) is 5.75 Å². The zero-order valence-corrected chi connectivity index (χ0v) is 19.1. The molecule has 0 aliphatic carbocycles. The summed E-state index contributed by atoms with van der Waals surface area (Å²) in [5, 5.41) is 0. The van der Waals surface area contributed by atoms with Gasteiger partial charge in [0.2, 0.25) is 0 Å². The van der Waals surface area contributed by atoms with Crippen molar-refractivity contribution in [3.05, 3.63) is 97.1 Å². The molecule has 0 aliphatic heterocycles. The molecule has 0 saturated carbocycles. The van der Waals surface area contributed by atoms with Crippen molar-refractivity contribution in [1.82, 2.24) is 4.73 Å². The zero-order valence-electron chi connectivity index (χ0n) is 17.5. The Morgan fingerprint density at radius 3 is 2.29 bits per heavy atom. The van der Waals surface area contributed by atoms with E-state index in [4.69, 9.17) is 10.5 Å². The number of aromatic nitrogens is 1. The van der Waals surface area contributed by atoms with E-state index >= 15 is 0 Å². The summed E-state index contributed by atoms with van der Waals surface area (Å²) in [6.45, 7) is -0.283. The summed E-state index contributed by atoms with van der Waals surface area (Å²) in [6, 6.07) is 7.56. The van der Waals surface area contributed by atoms with Crippen LogP contribution in [0.2, 0.25) is 0 Å². The molecule has 3 aromatic rings. The second-order valence-corrected chi connectivity index (χ2v) is 7.87. The van der Waals surface area contributed by atoms with Crippen LogP contribution < -0.4 is 20.9 Å². The minimum absolute atomic E-state index is 0.0259. The number of ether oxygens (including phenoxy) is 1. The summed E-state index contributed by atoms with van der Waals surface area (Å²) in [5.74, 6) is -5.60. The third-order valence-corrected chi connectivity index (χ3v) is 5.47. The number of rotatable bonds is 7. The Kier molecular flexibility index (Phi) is 7.90. The maximum atomic E-state index is 14.2. The topological polar surface area (TPSA) is 83.5 Å². The van der Waals surface area contributed by atoms with Crippen LogP contribution in [0.1, 0.15) is 22.4 Å². The van der Waals surface area contributed by atoms with E-state index < -0.39 is 57.3 Å². The van der Waals surface area contributed by atoms with Gasteiger partial charge in [-0.2, -0.15) is 13.2 Å². The molecule has 1 heterocycles. The lowest BCUT2D eigenvalue weighted by Crippen LogP contribution is -2.40. The molecule has 3 rings (SSSR count). The fraction of sp³-hybridized carbons (Fsp3) is 0.182. The van der Waals surface area contributed by atoms with E-state index in [1.54, 1.807) is 0 Å². The first-order valence-electron chi connectivity index (χ1n) is 9.69. The number of halogens is 7. The molecule has 2 aromatic carbocycles. The third-order valence-electron chi connectivity index (χ3n) is 4.74. The molecule has 0 fully saturated rings. The predicted octanol–water partition coefficient (Wildman–Crippen LogP) is 4.17. The monoisotopic (exact) mass is 564 g/mol. The van der Waals surface area contributed by atoms with Crippen molar-refractivity contribution >= 4 is 21.9 Å². The van der Waals surface area contributed by atoms with Gasteiger partial charge in [-0.1, -0.05) is 12.1 Å². The summed E-state index contributed by atoms with van der Waals surface area (Å²) in [7, 11) is 0. The molecule has 186 valence electrons. The molecular formula is C22H15BrF6N2O4. The first-order valence-corrected chi connectivity index (χ1v) is 10.5. The van der Waals surface area contributed by atoms with E-state index in [1.807, 2.05) is 0 Å². The number of nitrogens with zero attached hydrogens (tertiary/aromatic N) is 1. The number of pyridine rings is 1. The molecule has 13 heteroatoms. The van der Waals surface area contributed by atoms with Gasteiger partial charge in [0, 0.05) is 24.6 Å². The summed E-state index contributed by atoms with van der Waals surface area (Å²) in [6.07, 6.45) is -6.23. The maximum absolute atomic E-state index is 14.2. The first kappa shape index (κ1) is 26.3. The molecular weight excluding hydrogens is 550 g/mol. The Morgan fingerprint density at radius 2 is 1.69 bits per heavy atom. The van der Waals surface area contributed by atoms with E-state index in [2.05, 4.69) is 20.8 Å². The molecule has 0 radical (unpaired) electrons. The Balaban J connectivity index is 2.06. The molecule has 1 aromatic heterocycles. The Bertz CT molecular complexity index is 1310. The van der Waals surface area contributed by atoms with Gasteiger partial charge in [-0.05, 0) is 51.3 Å². The van der Waals surface area contributed by atoms with E-state index in [0.29, 0.717) is 11.1 Å². The maximum Gasteiger partial charge on any atom is 0.493 e. The highest BCUT2D eigenvalue weighted by molar-refractivity contribution is 9.10. The summed E-state index contributed by atoms with van der Waals surface area (Å²) in [4.78, 5) is 28.3. The van der Waals surface area contributed by atoms with Crippen molar-refractivity contribution in [2.45, 2.75) is 25.7 Å². The normalized spacial score (nSPS) is 11.4. The van der Waals surface area contributed by atoms with E-state index in [9.17, 15) is 35.9 Å². The van der Waals surface area contributed by atoms with E-state index in [0.717, 1.165) is 30.3 Å². The van der Waals surface area contributed by atoms with Crippen molar-refractivity contribution in [2.75, 3.05) is 0 Å². The van der Waals surface area contributed by atoms with Crippen LogP contribution in [0.4, 0.5) is 26.3 Å². The zero-order chi connectivity index (χ0) is 25.9. The number of carbonyl (C=O) groups is 1. The van der Waals surface area contributed by atoms with Gasteiger partial charge in [-0.15, -0.1) is 4.73 Å². The lowest BCUT2D eigenvalue weighted by atomic mass is 10.1. The summed E-state index contributed by atoms with van der Waals surface area (Å²) >= 11 is 2.88. The SMILES string of the molecule is NCc1cc(F)ccc1COc1cc(Cc2c(F)cccc2F)n(OC(=O)C(F)(F)F)c(=O)c1Br. The van der Waals surface area contributed by atoms with Crippen LogP contribution in [0.3, 0.4) is 0 Å². The number of nitrogens with two attached hydrogens (primary N) is 1. The highest BCUT2D eigenvalue weighted by atomic mass is 79.9. The second-order valence-electron chi connectivity index (χ2n) is 7.07. The van der Waals surface area contributed by atoms with Crippen LogP contribution in [0.15, 0.2) is 51.7 Å². The van der Waals surface area contributed by atoms with Gasteiger partial charge in [-0.3, -0.25) is 4.79 Å². The predicted molar refractivity (Wildman–Crippen MR) is 114 cm³/mol. The number of benzene rings is 2. The largest absolute Gasteiger partial charge is 0.493 e. The molecule has 0 unspecified atom stereocenters. The molecule has 0 amide bonds. The average molecular weight is 565 g/mol. The Hall–Kier alpha value is -3.32. The molecule has 0 atom stereocenters. The average Bonchev–Trinajstić information content (AvgIpc) is 2.79. The summed E-state index contributed by atoms with van der Waals surface area (Å²) in [5.41, 5.74) is 4.00. The van der Waals surface area contributed by atoms with Gasteiger partial charge in [0.05, 0.1) is 5.69 Å². The third kappa shape index (κ3) is 6.03. The lowest BCUT2D eigenvalue weighted by molar-refractivity contribution is -0.200. The minimum Gasteiger partial charge on any atom is -0.487 e. The van der Waals surface area contributed by atoms with Gasteiger partial charge in [0.25, 0.3) is 0 Å². The van der Waals surface area contributed by atoms with E-state index in [1.165, 1.54) is 12.1 Å². The highest BCUT2D eigenvalue weighted by Crippen LogP contribution is 2.27. The highest BCUT2D eigenvalue weighted by Gasteiger charge is 2.42. The minimum atomic E-state index is -5.46. The number of carbonyl (C=O) groups excluding carboxylic acids is 1. The number of hydrogen-bond donors (Lipinski definition) is 1. The molecule has 0 saturated heterocycles. The van der Waals surface area contributed by atoms with Crippen LogP contribution in [-0.4, -0.2) is 16.9 Å². The van der Waals surface area contributed by atoms with Crippen LogP contribution >= 0.6 is 15.9 Å². The lowest BCUT2D eigenvalue weighted by Gasteiger charge is -2.17. The second kappa shape index (κ2) is 10.5. The molecule has 0 spiro atoms. The van der Waals surface area contributed by atoms with Crippen molar-refractivity contribution in [1.29, 1.82) is 0 Å². The van der Waals surface area contributed by atoms with Crippen LogP contribution in [0.5, 0.6) is 5.75 Å². The molecule has 6 nitrogen and oxygen atoms in total. The van der Waals surface area contributed by atoms with Crippen molar-refractivity contribution in [2.24, 2.45) is 5.73 Å². The first-order chi connectivity index (χ1) is 16.4. The smallest absolute Gasteiger partial charge is 0.487 e. The van der Waals surface area contributed by atoms with Gasteiger partial charge < -0.3 is 15.3 Å². The van der Waals surface area contributed by atoms with Crippen molar-refractivity contribution in [3.63, 3.8) is 0 Å². The van der Waals surface area contributed by atoms with Gasteiger partial charge in [0.15, 0.2) is 0 Å². The molecule has 0 aliphatic rings. The fourth-order valence-corrected chi connectivity index (χ4v) is 3.41. The van der Waals surface area contributed by atoms with Gasteiger partial charge in [-0.25, -0.2) is 18.0 Å². The standard InChI is InChI=1S/C22H15BrF6N2O4/c23-19-18(34-10-11-4-5-13(24)6-12(11)9-30)8-14(7-15-16(25)2-1-3-17(15)26)31(20(19)32)35-21(33)22(27,28)29/h1-6,8H,7,9-10,30H2.